The highest BCUT2D eigenvalue weighted by Crippen LogP contribution is 2.30. The first-order valence-electron chi connectivity index (χ1n) is 5.87. The van der Waals surface area contributed by atoms with Gasteiger partial charge in [-0.1, -0.05) is 12.1 Å². The number of halogens is 1. The van der Waals surface area contributed by atoms with Crippen molar-refractivity contribution in [2.24, 2.45) is 0 Å². The summed E-state index contributed by atoms with van der Waals surface area (Å²) in [5.41, 5.74) is 3.17. The van der Waals surface area contributed by atoms with Gasteiger partial charge in [0.05, 0.1) is 11.9 Å². The van der Waals surface area contributed by atoms with Crippen LogP contribution in [0, 0.1) is 5.82 Å². The van der Waals surface area contributed by atoms with Gasteiger partial charge in [0.2, 0.25) is 0 Å². The second kappa shape index (κ2) is 4.30. The van der Waals surface area contributed by atoms with Crippen molar-refractivity contribution in [2.75, 3.05) is 6.54 Å². The second-order valence-electron chi connectivity index (χ2n) is 4.35. The Bertz CT molecular complexity index is 498. The fourth-order valence-corrected chi connectivity index (χ4v) is 2.35. The van der Waals surface area contributed by atoms with Crippen molar-refractivity contribution >= 4 is 0 Å². The maximum Gasteiger partial charge on any atom is 0.123 e. The van der Waals surface area contributed by atoms with Crippen LogP contribution < -0.4 is 5.32 Å². The molecule has 0 unspecified atom stereocenters. The maximum atomic E-state index is 12.9. The van der Waals surface area contributed by atoms with E-state index in [1.165, 1.54) is 18.6 Å². The van der Waals surface area contributed by atoms with Crippen LogP contribution in [0.15, 0.2) is 30.5 Å². The largest absolute Gasteiger partial charge is 0.309 e. The number of nitrogens with one attached hydrogen (secondary N) is 2. The first-order valence-corrected chi connectivity index (χ1v) is 5.87. The number of benzene rings is 1. The standard InChI is InChI=1S/C13H14FN3/c14-10-5-3-9(4-6-10)11-8-16-17-13(11)12-2-1-7-15-12/h3-6,8,12,15H,1-2,7H2,(H,16,17)/t12-/m0/s1. The number of rotatable bonds is 2. The molecule has 2 N–H and O–H groups in total. The minimum absolute atomic E-state index is 0.210. The molecule has 2 heterocycles. The van der Waals surface area contributed by atoms with Gasteiger partial charge in [0.25, 0.3) is 0 Å². The molecule has 17 heavy (non-hydrogen) atoms. The zero-order valence-electron chi connectivity index (χ0n) is 9.41. The Morgan fingerprint density at radius 2 is 2.06 bits per heavy atom. The lowest BCUT2D eigenvalue weighted by Crippen LogP contribution is -2.14. The molecular formula is C13H14FN3. The molecule has 88 valence electrons. The average molecular weight is 231 g/mol. The zero-order chi connectivity index (χ0) is 11.7. The summed E-state index contributed by atoms with van der Waals surface area (Å²) in [6.07, 6.45) is 4.12. The van der Waals surface area contributed by atoms with E-state index in [1.807, 2.05) is 6.20 Å². The van der Waals surface area contributed by atoms with E-state index in [9.17, 15) is 4.39 Å². The Hall–Kier alpha value is -1.68. The molecule has 1 saturated heterocycles. The summed E-state index contributed by atoms with van der Waals surface area (Å²) in [6, 6.07) is 6.89. The van der Waals surface area contributed by atoms with Gasteiger partial charge in [-0.3, -0.25) is 5.10 Å². The van der Waals surface area contributed by atoms with Crippen molar-refractivity contribution < 1.29 is 4.39 Å². The van der Waals surface area contributed by atoms with E-state index >= 15 is 0 Å². The van der Waals surface area contributed by atoms with E-state index in [-0.39, 0.29) is 5.82 Å². The second-order valence-corrected chi connectivity index (χ2v) is 4.35. The summed E-state index contributed by atoms with van der Waals surface area (Å²) < 4.78 is 12.9. The minimum atomic E-state index is -0.210. The van der Waals surface area contributed by atoms with Gasteiger partial charge in [0, 0.05) is 11.6 Å². The third kappa shape index (κ3) is 1.96. The quantitative estimate of drug-likeness (QED) is 0.834. The first kappa shape index (κ1) is 10.5. The fraction of sp³-hybridized carbons (Fsp3) is 0.308. The lowest BCUT2D eigenvalue weighted by molar-refractivity contribution is 0.625. The summed E-state index contributed by atoms with van der Waals surface area (Å²) in [4.78, 5) is 0. The lowest BCUT2D eigenvalue weighted by atomic mass is 10.0. The molecule has 0 aliphatic carbocycles. The van der Waals surface area contributed by atoms with Gasteiger partial charge < -0.3 is 5.32 Å². The monoisotopic (exact) mass is 231 g/mol. The number of nitrogens with zero attached hydrogens (tertiary/aromatic N) is 1. The fourth-order valence-electron chi connectivity index (χ4n) is 2.35. The third-order valence-electron chi connectivity index (χ3n) is 3.23. The van der Waals surface area contributed by atoms with Gasteiger partial charge in [-0.25, -0.2) is 4.39 Å². The molecule has 3 rings (SSSR count). The number of hydrogen-bond donors (Lipinski definition) is 2. The molecule has 2 aromatic rings. The molecule has 1 atom stereocenters. The molecule has 0 spiro atoms. The molecule has 1 aromatic carbocycles. The van der Waals surface area contributed by atoms with Crippen LogP contribution in [0.4, 0.5) is 4.39 Å². The van der Waals surface area contributed by atoms with E-state index in [0.29, 0.717) is 6.04 Å². The molecular weight excluding hydrogens is 217 g/mol. The Balaban J connectivity index is 1.97. The molecule has 1 fully saturated rings. The Morgan fingerprint density at radius 3 is 2.76 bits per heavy atom. The summed E-state index contributed by atoms with van der Waals surface area (Å²) in [5.74, 6) is -0.210. The van der Waals surface area contributed by atoms with Crippen molar-refractivity contribution in [3.8, 4) is 11.1 Å². The predicted molar refractivity (Wildman–Crippen MR) is 64.0 cm³/mol. The molecule has 0 amide bonds. The predicted octanol–water partition coefficient (Wildman–Crippen LogP) is 2.64. The zero-order valence-corrected chi connectivity index (χ0v) is 9.41. The Morgan fingerprint density at radius 1 is 1.24 bits per heavy atom. The summed E-state index contributed by atoms with van der Waals surface area (Å²) in [6.45, 7) is 1.05. The smallest absolute Gasteiger partial charge is 0.123 e. The summed E-state index contributed by atoms with van der Waals surface area (Å²) in [7, 11) is 0. The van der Waals surface area contributed by atoms with E-state index in [0.717, 1.165) is 29.8 Å². The first-order chi connectivity index (χ1) is 8.34. The number of H-pyrrole nitrogens is 1. The van der Waals surface area contributed by atoms with Crippen LogP contribution in [-0.2, 0) is 0 Å². The lowest BCUT2D eigenvalue weighted by Gasteiger charge is -2.10. The number of aromatic amines is 1. The Labute approximate surface area is 99.1 Å². The van der Waals surface area contributed by atoms with Crippen molar-refractivity contribution in [1.29, 1.82) is 0 Å². The highest BCUT2D eigenvalue weighted by Gasteiger charge is 2.21. The van der Waals surface area contributed by atoms with Crippen molar-refractivity contribution in [2.45, 2.75) is 18.9 Å². The molecule has 3 nitrogen and oxygen atoms in total. The molecule has 0 saturated carbocycles. The van der Waals surface area contributed by atoms with E-state index in [4.69, 9.17) is 0 Å². The highest BCUT2D eigenvalue weighted by atomic mass is 19.1. The molecule has 1 aliphatic heterocycles. The molecule has 4 heteroatoms. The van der Waals surface area contributed by atoms with Crippen LogP contribution in [-0.4, -0.2) is 16.7 Å². The SMILES string of the molecule is Fc1ccc(-c2cn[nH]c2[C@@H]2CCCN2)cc1. The van der Waals surface area contributed by atoms with Crippen LogP contribution in [0.3, 0.4) is 0 Å². The summed E-state index contributed by atoms with van der Waals surface area (Å²) >= 11 is 0. The highest BCUT2D eigenvalue weighted by molar-refractivity contribution is 5.65. The van der Waals surface area contributed by atoms with Crippen LogP contribution in [0.1, 0.15) is 24.6 Å². The van der Waals surface area contributed by atoms with Crippen LogP contribution in [0.25, 0.3) is 11.1 Å². The van der Waals surface area contributed by atoms with Crippen molar-refractivity contribution in [3.63, 3.8) is 0 Å². The third-order valence-corrected chi connectivity index (χ3v) is 3.23. The molecule has 0 radical (unpaired) electrons. The normalized spacial score (nSPS) is 19.7. The number of hydrogen-bond acceptors (Lipinski definition) is 2. The summed E-state index contributed by atoms with van der Waals surface area (Å²) in [5, 5.41) is 10.6. The van der Waals surface area contributed by atoms with Gasteiger partial charge in [0.1, 0.15) is 5.82 Å². The van der Waals surface area contributed by atoms with Gasteiger partial charge in [-0.05, 0) is 37.1 Å². The molecule has 1 aliphatic rings. The van der Waals surface area contributed by atoms with E-state index in [2.05, 4.69) is 15.5 Å². The van der Waals surface area contributed by atoms with Crippen molar-refractivity contribution in [1.82, 2.24) is 15.5 Å². The van der Waals surface area contributed by atoms with Crippen LogP contribution in [0.2, 0.25) is 0 Å². The van der Waals surface area contributed by atoms with Gasteiger partial charge >= 0.3 is 0 Å². The number of aromatic nitrogens is 2. The van der Waals surface area contributed by atoms with Crippen LogP contribution >= 0.6 is 0 Å². The van der Waals surface area contributed by atoms with E-state index < -0.39 is 0 Å². The maximum absolute atomic E-state index is 12.9. The topological polar surface area (TPSA) is 40.7 Å². The average Bonchev–Trinajstić information content (AvgIpc) is 3.00. The van der Waals surface area contributed by atoms with Gasteiger partial charge in [-0.15, -0.1) is 0 Å². The molecule has 0 bridgehead atoms. The van der Waals surface area contributed by atoms with Gasteiger partial charge in [0.15, 0.2) is 0 Å². The van der Waals surface area contributed by atoms with Gasteiger partial charge in [-0.2, -0.15) is 5.10 Å². The molecule has 1 aromatic heterocycles. The minimum Gasteiger partial charge on any atom is -0.309 e. The Kier molecular flexibility index (Phi) is 2.65. The van der Waals surface area contributed by atoms with Crippen LogP contribution in [0.5, 0.6) is 0 Å². The van der Waals surface area contributed by atoms with E-state index in [1.54, 1.807) is 12.1 Å². The van der Waals surface area contributed by atoms with Crippen molar-refractivity contribution in [3.05, 3.63) is 42.0 Å².